The summed E-state index contributed by atoms with van der Waals surface area (Å²) < 4.78 is 0. The molecule has 1 nitrogen and oxygen atoms in total. The fourth-order valence-corrected chi connectivity index (χ4v) is 1.86. The van der Waals surface area contributed by atoms with Gasteiger partial charge in [0.2, 0.25) is 0 Å². The number of fused-ring (bicyclic) bond motifs is 1. The number of rotatable bonds is 0. The van der Waals surface area contributed by atoms with Crippen molar-refractivity contribution in [1.29, 1.82) is 0 Å². The lowest BCUT2D eigenvalue weighted by molar-refractivity contribution is 0.564. The van der Waals surface area contributed by atoms with Gasteiger partial charge >= 0.3 is 0 Å². The lowest BCUT2D eigenvalue weighted by Gasteiger charge is -2.24. The summed E-state index contributed by atoms with van der Waals surface area (Å²) in [5.41, 5.74) is 2.55. The van der Waals surface area contributed by atoms with Crippen molar-refractivity contribution in [2.24, 2.45) is 16.8 Å². The first kappa shape index (κ1) is 7.53. The zero-order valence-corrected chi connectivity index (χ0v) is 7.49. The maximum Gasteiger partial charge on any atom is 0.0480 e. The Balaban J connectivity index is 2.38. The van der Waals surface area contributed by atoms with Crippen LogP contribution in [-0.2, 0) is 0 Å². The molecule has 1 heteroatoms. The summed E-state index contributed by atoms with van der Waals surface area (Å²) in [6.07, 6.45) is 10.6. The molecule has 0 aromatic heterocycles. The Hall–Kier alpha value is -1.11. The van der Waals surface area contributed by atoms with E-state index in [2.05, 4.69) is 37.1 Å². The SMILES string of the molecule is CC1=CC(C)C2C=CC=NC2=C1. The van der Waals surface area contributed by atoms with Crippen molar-refractivity contribution in [3.8, 4) is 0 Å². The van der Waals surface area contributed by atoms with E-state index in [9.17, 15) is 0 Å². The van der Waals surface area contributed by atoms with Crippen LogP contribution >= 0.6 is 0 Å². The van der Waals surface area contributed by atoms with Crippen molar-refractivity contribution in [2.75, 3.05) is 0 Å². The summed E-state index contributed by atoms with van der Waals surface area (Å²) in [7, 11) is 0. The van der Waals surface area contributed by atoms with Gasteiger partial charge in [-0.25, -0.2) is 0 Å². The highest BCUT2D eigenvalue weighted by molar-refractivity contribution is 5.74. The summed E-state index contributed by atoms with van der Waals surface area (Å²) >= 11 is 0. The first-order valence-electron chi connectivity index (χ1n) is 4.38. The Morgan fingerprint density at radius 1 is 1.42 bits per heavy atom. The van der Waals surface area contributed by atoms with Crippen molar-refractivity contribution in [3.05, 3.63) is 35.6 Å². The van der Waals surface area contributed by atoms with Gasteiger partial charge in [0.1, 0.15) is 0 Å². The molecule has 0 aromatic carbocycles. The third-order valence-corrected chi connectivity index (χ3v) is 2.44. The van der Waals surface area contributed by atoms with Crippen LogP contribution in [0.4, 0.5) is 0 Å². The minimum Gasteiger partial charge on any atom is -0.261 e. The molecule has 0 spiro atoms. The number of nitrogens with zero attached hydrogens (tertiary/aromatic N) is 1. The van der Waals surface area contributed by atoms with Crippen LogP contribution in [0.15, 0.2) is 40.6 Å². The van der Waals surface area contributed by atoms with Gasteiger partial charge in [0.05, 0.1) is 0 Å². The molecule has 0 saturated heterocycles. The molecule has 0 fully saturated rings. The second kappa shape index (κ2) is 2.74. The molecule has 62 valence electrons. The van der Waals surface area contributed by atoms with Crippen LogP contribution < -0.4 is 0 Å². The van der Waals surface area contributed by atoms with E-state index in [1.165, 1.54) is 11.3 Å². The van der Waals surface area contributed by atoms with Crippen molar-refractivity contribution in [1.82, 2.24) is 0 Å². The van der Waals surface area contributed by atoms with E-state index >= 15 is 0 Å². The van der Waals surface area contributed by atoms with Gasteiger partial charge in [0.15, 0.2) is 0 Å². The van der Waals surface area contributed by atoms with E-state index in [1.54, 1.807) is 0 Å². The van der Waals surface area contributed by atoms with Crippen LogP contribution in [0.5, 0.6) is 0 Å². The van der Waals surface area contributed by atoms with Gasteiger partial charge in [-0.1, -0.05) is 24.6 Å². The van der Waals surface area contributed by atoms with E-state index in [0.29, 0.717) is 11.8 Å². The first-order chi connectivity index (χ1) is 5.77. The molecule has 2 rings (SSSR count). The Morgan fingerprint density at radius 3 is 3.08 bits per heavy atom. The quantitative estimate of drug-likeness (QED) is 0.515. The normalized spacial score (nSPS) is 32.5. The molecule has 12 heavy (non-hydrogen) atoms. The van der Waals surface area contributed by atoms with Crippen molar-refractivity contribution < 1.29 is 0 Å². The van der Waals surface area contributed by atoms with Gasteiger partial charge in [0, 0.05) is 17.8 Å². The maximum atomic E-state index is 4.36. The Morgan fingerprint density at radius 2 is 2.25 bits per heavy atom. The molecule has 0 N–H and O–H groups in total. The lowest BCUT2D eigenvalue weighted by atomic mass is 9.84. The summed E-state index contributed by atoms with van der Waals surface area (Å²) in [6.45, 7) is 4.37. The predicted molar refractivity (Wildman–Crippen MR) is 52.1 cm³/mol. The van der Waals surface area contributed by atoms with Gasteiger partial charge < -0.3 is 0 Å². The first-order valence-corrected chi connectivity index (χ1v) is 4.38. The monoisotopic (exact) mass is 159 g/mol. The molecule has 1 aliphatic carbocycles. The Kier molecular flexibility index (Phi) is 1.72. The summed E-state index contributed by atoms with van der Waals surface area (Å²) in [5, 5.41) is 0. The second-order valence-corrected chi connectivity index (χ2v) is 3.53. The molecule has 2 atom stereocenters. The van der Waals surface area contributed by atoms with Crippen molar-refractivity contribution >= 4 is 6.21 Å². The average Bonchev–Trinajstić information content (AvgIpc) is 2.04. The van der Waals surface area contributed by atoms with E-state index in [4.69, 9.17) is 0 Å². The maximum absolute atomic E-state index is 4.36. The number of dihydropyridines is 1. The van der Waals surface area contributed by atoms with Gasteiger partial charge in [0.25, 0.3) is 0 Å². The van der Waals surface area contributed by atoms with Crippen LogP contribution in [-0.4, -0.2) is 6.21 Å². The summed E-state index contributed by atoms with van der Waals surface area (Å²) in [5.74, 6) is 1.11. The number of hydrogen-bond acceptors (Lipinski definition) is 1. The fraction of sp³-hybridized carbons (Fsp3) is 0.364. The number of allylic oxidation sites excluding steroid dienone is 5. The second-order valence-electron chi connectivity index (χ2n) is 3.53. The molecule has 2 aliphatic rings. The van der Waals surface area contributed by atoms with E-state index in [-0.39, 0.29) is 0 Å². The molecule has 0 aromatic rings. The van der Waals surface area contributed by atoms with Gasteiger partial charge in [-0.05, 0) is 25.0 Å². The van der Waals surface area contributed by atoms with E-state index in [1.807, 2.05) is 12.3 Å². The highest BCUT2D eigenvalue weighted by Crippen LogP contribution is 2.31. The third kappa shape index (κ3) is 1.15. The van der Waals surface area contributed by atoms with Crippen LogP contribution in [0.3, 0.4) is 0 Å². The molecule has 1 aliphatic heterocycles. The largest absolute Gasteiger partial charge is 0.261 e. The molecule has 1 heterocycles. The van der Waals surface area contributed by atoms with Gasteiger partial charge in [-0.3, -0.25) is 4.99 Å². The summed E-state index contributed by atoms with van der Waals surface area (Å²) in [4.78, 5) is 4.36. The highest BCUT2D eigenvalue weighted by Gasteiger charge is 2.21. The Labute approximate surface area is 73.2 Å². The fourth-order valence-electron chi connectivity index (χ4n) is 1.86. The molecule has 0 saturated carbocycles. The molecule has 2 unspecified atom stereocenters. The van der Waals surface area contributed by atoms with Crippen LogP contribution in [0.25, 0.3) is 0 Å². The zero-order chi connectivity index (χ0) is 8.55. The van der Waals surface area contributed by atoms with E-state index in [0.717, 1.165) is 0 Å². The Bertz CT molecular complexity index is 305. The average molecular weight is 159 g/mol. The van der Waals surface area contributed by atoms with Crippen LogP contribution in [0.2, 0.25) is 0 Å². The summed E-state index contributed by atoms with van der Waals surface area (Å²) in [6, 6.07) is 0. The lowest BCUT2D eigenvalue weighted by Crippen LogP contribution is -2.15. The molecular formula is C11H13N. The molecule has 0 radical (unpaired) electrons. The minimum absolute atomic E-state index is 0.513. The van der Waals surface area contributed by atoms with E-state index < -0.39 is 0 Å². The minimum atomic E-state index is 0.513. The van der Waals surface area contributed by atoms with Gasteiger partial charge in [-0.2, -0.15) is 0 Å². The van der Waals surface area contributed by atoms with Gasteiger partial charge in [-0.15, -0.1) is 0 Å². The topological polar surface area (TPSA) is 12.4 Å². The number of aliphatic imine (C=N–C) groups is 1. The molecule has 0 amide bonds. The molecular weight excluding hydrogens is 146 g/mol. The molecule has 0 bridgehead atoms. The smallest absolute Gasteiger partial charge is 0.0480 e. The third-order valence-electron chi connectivity index (χ3n) is 2.44. The van der Waals surface area contributed by atoms with Crippen molar-refractivity contribution in [2.45, 2.75) is 13.8 Å². The number of hydrogen-bond donors (Lipinski definition) is 0. The van der Waals surface area contributed by atoms with Crippen LogP contribution in [0.1, 0.15) is 13.8 Å². The van der Waals surface area contributed by atoms with Crippen molar-refractivity contribution in [3.63, 3.8) is 0 Å². The predicted octanol–water partition coefficient (Wildman–Crippen LogP) is 2.72. The standard InChI is InChI=1S/C11H13N/c1-8-6-9(2)10-4-3-5-12-11(10)7-8/h3-7,9-10H,1-2H3. The highest BCUT2D eigenvalue weighted by atomic mass is 14.8. The van der Waals surface area contributed by atoms with Crippen LogP contribution in [0, 0.1) is 11.8 Å². The zero-order valence-electron chi connectivity index (χ0n) is 7.49.